The summed E-state index contributed by atoms with van der Waals surface area (Å²) in [5.74, 6) is -0.731. The minimum Gasteiger partial charge on any atom is -0.464 e. The average Bonchev–Trinajstić information content (AvgIpc) is 2.55. The van der Waals surface area contributed by atoms with E-state index in [0.717, 1.165) is 4.90 Å². The summed E-state index contributed by atoms with van der Waals surface area (Å²) in [6.07, 6.45) is -2.03. The van der Waals surface area contributed by atoms with Crippen molar-refractivity contribution in [3.63, 3.8) is 0 Å². The van der Waals surface area contributed by atoms with Gasteiger partial charge in [0.15, 0.2) is 5.54 Å². The van der Waals surface area contributed by atoms with Gasteiger partial charge in [-0.3, -0.25) is 4.90 Å². The predicted molar refractivity (Wildman–Crippen MR) is 67.5 cm³/mol. The Labute approximate surface area is 113 Å². The molecule has 0 aromatic heterocycles. The molecule has 0 aromatic rings. The lowest BCUT2D eigenvalue weighted by Crippen LogP contribution is -2.56. The van der Waals surface area contributed by atoms with E-state index >= 15 is 0 Å². The maximum Gasteiger partial charge on any atom is 0.411 e. The van der Waals surface area contributed by atoms with Crippen molar-refractivity contribution < 1.29 is 23.5 Å². The molecule has 1 rings (SSSR count). The van der Waals surface area contributed by atoms with Crippen LogP contribution in [0.5, 0.6) is 0 Å². The van der Waals surface area contributed by atoms with E-state index in [0.29, 0.717) is 0 Å². The fourth-order valence-corrected chi connectivity index (χ4v) is 2.04. The normalized spacial score (nSPS) is 27.3. The lowest BCUT2D eigenvalue weighted by Gasteiger charge is -2.35. The van der Waals surface area contributed by atoms with Crippen LogP contribution in [0.2, 0.25) is 0 Å². The minimum atomic E-state index is -1.60. The molecule has 1 aliphatic heterocycles. The van der Waals surface area contributed by atoms with Crippen molar-refractivity contribution in [2.45, 2.75) is 58.4 Å². The van der Waals surface area contributed by atoms with Gasteiger partial charge in [0, 0.05) is 6.54 Å². The SMILES string of the molecule is CCOC(=O)[C@@]1(C)C(F)CCN1C(=O)OC(C)(C)C. The first kappa shape index (κ1) is 15.7. The first-order valence-electron chi connectivity index (χ1n) is 6.44. The molecule has 0 aliphatic carbocycles. The molecule has 5 nitrogen and oxygen atoms in total. The highest BCUT2D eigenvalue weighted by Gasteiger charge is 2.55. The highest BCUT2D eigenvalue weighted by Crippen LogP contribution is 2.34. The topological polar surface area (TPSA) is 55.8 Å². The molecule has 2 atom stereocenters. The van der Waals surface area contributed by atoms with E-state index in [1.54, 1.807) is 27.7 Å². The fourth-order valence-electron chi connectivity index (χ4n) is 2.04. The van der Waals surface area contributed by atoms with E-state index in [4.69, 9.17) is 9.47 Å². The lowest BCUT2D eigenvalue weighted by atomic mass is 9.97. The van der Waals surface area contributed by atoms with Gasteiger partial charge in [0.1, 0.15) is 11.8 Å². The Morgan fingerprint density at radius 2 is 2.00 bits per heavy atom. The van der Waals surface area contributed by atoms with Crippen LogP contribution in [0.1, 0.15) is 41.0 Å². The number of likely N-dealkylation sites (tertiary alicyclic amines) is 1. The van der Waals surface area contributed by atoms with E-state index in [1.165, 1.54) is 6.92 Å². The van der Waals surface area contributed by atoms with Crippen LogP contribution in [0.3, 0.4) is 0 Å². The number of alkyl halides is 1. The Balaban J connectivity index is 2.93. The molecule has 0 aromatic carbocycles. The molecule has 0 saturated carbocycles. The molecule has 0 N–H and O–H groups in total. The van der Waals surface area contributed by atoms with Gasteiger partial charge in [-0.25, -0.2) is 14.0 Å². The van der Waals surface area contributed by atoms with Crippen LogP contribution in [0.15, 0.2) is 0 Å². The second-order valence-electron chi connectivity index (χ2n) is 5.76. The fraction of sp³-hybridized carbons (Fsp3) is 0.846. The zero-order chi connectivity index (χ0) is 14.8. The summed E-state index contributed by atoms with van der Waals surface area (Å²) < 4.78 is 24.1. The zero-order valence-corrected chi connectivity index (χ0v) is 12.2. The Bertz CT molecular complexity index is 366. The molecule has 1 unspecified atom stereocenters. The quantitative estimate of drug-likeness (QED) is 0.725. The second kappa shape index (κ2) is 5.35. The first-order chi connectivity index (χ1) is 8.63. The van der Waals surface area contributed by atoms with Crippen molar-refractivity contribution in [1.29, 1.82) is 0 Å². The molecule has 0 radical (unpaired) electrons. The van der Waals surface area contributed by atoms with Crippen molar-refractivity contribution in [2.75, 3.05) is 13.2 Å². The summed E-state index contributed by atoms with van der Waals surface area (Å²) in [5.41, 5.74) is -2.29. The molecule has 0 spiro atoms. The van der Waals surface area contributed by atoms with Gasteiger partial charge in [-0.05, 0) is 41.0 Å². The maximum atomic E-state index is 14.0. The van der Waals surface area contributed by atoms with Crippen molar-refractivity contribution >= 4 is 12.1 Å². The Morgan fingerprint density at radius 1 is 1.42 bits per heavy atom. The Morgan fingerprint density at radius 3 is 2.47 bits per heavy atom. The van der Waals surface area contributed by atoms with Crippen LogP contribution in [0.4, 0.5) is 9.18 Å². The monoisotopic (exact) mass is 275 g/mol. The number of rotatable bonds is 2. The van der Waals surface area contributed by atoms with Gasteiger partial charge >= 0.3 is 12.1 Å². The van der Waals surface area contributed by atoms with Crippen LogP contribution in [0.25, 0.3) is 0 Å². The molecule has 1 heterocycles. The van der Waals surface area contributed by atoms with E-state index in [2.05, 4.69) is 0 Å². The van der Waals surface area contributed by atoms with Gasteiger partial charge in [-0.2, -0.15) is 0 Å². The maximum absolute atomic E-state index is 14.0. The van der Waals surface area contributed by atoms with Crippen LogP contribution in [0, 0.1) is 0 Å². The summed E-state index contributed by atoms with van der Waals surface area (Å²) in [7, 11) is 0. The van der Waals surface area contributed by atoms with Gasteiger partial charge in [0.2, 0.25) is 0 Å². The summed E-state index contributed by atoms with van der Waals surface area (Å²) in [5, 5.41) is 0. The Kier molecular flexibility index (Phi) is 4.43. The number of halogens is 1. The molecule has 0 bridgehead atoms. The number of hydrogen-bond acceptors (Lipinski definition) is 4. The molecular formula is C13H22FNO4. The highest BCUT2D eigenvalue weighted by molar-refractivity contribution is 5.87. The number of amides is 1. The average molecular weight is 275 g/mol. The largest absolute Gasteiger partial charge is 0.464 e. The zero-order valence-electron chi connectivity index (χ0n) is 12.2. The van der Waals surface area contributed by atoms with Crippen LogP contribution < -0.4 is 0 Å². The molecule has 1 amide bonds. The number of ether oxygens (including phenoxy) is 2. The molecule has 1 saturated heterocycles. The van der Waals surface area contributed by atoms with Gasteiger partial charge in [-0.15, -0.1) is 0 Å². The van der Waals surface area contributed by atoms with Crippen molar-refractivity contribution in [3.8, 4) is 0 Å². The molecule has 1 fully saturated rings. The summed E-state index contributed by atoms with van der Waals surface area (Å²) in [6.45, 7) is 8.46. The summed E-state index contributed by atoms with van der Waals surface area (Å²) >= 11 is 0. The van der Waals surface area contributed by atoms with E-state index in [-0.39, 0.29) is 19.6 Å². The summed E-state index contributed by atoms with van der Waals surface area (Å²) in [4.78, 5) is 25.1. The summed E-state index contributed by atoms with van der Waals surface area (Å²) in [6, 6.07) is 0. The van der Waals surface area contributed by atoms with Crippen molar-refractivity contribution in [1.82, 2.24) is 4.90 Å². The number of nitrogens with zero attached hydrogens (tertiary/aromatic N) is 1. The third kappa shape index (κ3) is 3.16. The molecular weight excluding hydrogens is 253 g/mol. The number of hydrogen-bond donors (Lipinski definition) is 0. The number of carbonyl (C=O) groups excluding carboxylic acids is 2. The third-order valence-electron chi connectivity index (χ3n) is 3.08. The van der Waals surface area contributed by atoms with Crippen LogP contribution in [-0.2, 0) is 14.3 Å². The van der Waals surface area contributed by atoms with E-state index < -0.39 is 29.4 Å². The van der Waals surface area contributed by atoms with Crippen LogP contribution >= 0.6 is 0 Å². The van der Waals surface area contributed by atoms with Crippen LogP contribution in [-0.4, -0.2) is 47.4 Å². The number of esters is 1. The molecule has 6 heteroatoms. The minimum absolute atomic E-state index is 0.106. The van der Waals surface area contributed by atoms with Gasteiger partial charge in [-0.1, -0.05) is 0 Å². The van der Waals surface area contributed by atoms with E-state index in [1.807, 2.05) is 0 Å². The molecule has 19 heavy (non-hydrogen) atoms. The highest BCUT2D eigenvalue weighted by atomic mass is 19.1. The molecule has 1 aliphatic rings. The van der Waals surface area contributed by atoms with Gasteiger partial charge < -0.3 is 9.47 Å². The van der Waals surface area contributed by atoms with E-state index in [9.17, 15) is 14.0 Å². The first-order valence-corrected chi connectivity index (χ1v) is 6.44. The second-order valence-corrected chi connectivity index (χ2v) is 5.76. The van der Waals surface area contributed by atoms with Crippen molar-refractivity contribution in [2.24, 2.45) is 0 Å². The standard InChI is InChI=1S/C13H22FNO4/c1-6-18-10(16)13(5)9(14)7-8-15(13)11(17)19-12(2,3)4/h9H,6-8H2,1-5H3/t9?,13-/m1/s1. The lowest BCUT2D eigenvalue weighted by molar-refractivity contribution is -0.157. The molecule has 110 valence electrons. The Hall–Kier alpha value is -1.33. The van der Waals surface area contributed by atoms with Crippen molar-refractivity contribution in [3.05, 3.63) is 0 Å². The predicted octanol–water partition coefficient (Wildman–Crippen LogP) is 2.29. The number of carbonyl (C=O) groups is 2. The smallest absolute Gasteiger partial charge is 0.411 e. The third-order valence-corrected chi connectivity index (χ3v) is 3.08. The van der Waals surface area contributed by atoms with Gasteiger partial charge in [0.25, 0.3) is 0 Å². The van der Waals surface area contributed by atoms with Gasteiger partial charge in [0.05, 0.1) is 6.61 Å².